The molecule has 250 valence electrons. The highest BCUT2D eigenvalue weighted by atomic mass is 16.6. The van der Waals surface area contributed by atoms with Crippen LogP contribution in [0.2, 0.25) is 0 Å². The number of Topliss-reactive ketones (excluding diaryl/α,β-unsaturated/α-hetero) is 2. The van der Waals surface area contributed by atoms with E-state index >= 15 is 0 Å². The van der Waals surface area contributed by atoms with Crippen LogP contribution in [-0.2, 0) is 35.1 Å². The molecular formula is C36H53NO8. The van der Waals surface area contributed by atoms with Gasteiger partial charge in [0.05, 0.1) is 12.2 Å². The Kier molecular flexibility index (Phi) is 12.4. The molecule has 1 amide bonds. The molecule has 0 saturated carbocycles. The van der Waals surface area contributed by atoms with Gasteiger partial charge in [-0.05, 0) is 75.7 Å². The summed E-state index contributed by atoms with van der Waals surface area (Å²) in [5.74, 6) is -6.85. The van der Waals surface area contributed by atoms with Crippen molar-refractivity contribution in [3.05, 3.63) is 35.9 Å². The molecule has 9 nitrogen and oxygen atoms in total. The van der Waals surface area contributed by atoms with Crippen LogP contribution < -0.4 is 0 Å². The summed E-state index contributed by atoms with van der Waals surface area (Å²) in [5.41, 5.74) is 1.15. The Balaban J connectivity index is 1.64. The molecule has 1 aromatic rings. The molecule has 1 aromatic carbocycles. The lowest BCUT2D eigenvalue weighted by Crippen LogP contribution is -2.61. The minimum absolute atomic E-state index is 0.0478. The molecule has 9 atom stereocenters. The van der Waals surface area contributed by atoms with Gasteiger partial charge in [-0.3, -0.25) is 14.4 Å². The van der Waals surface area contributed by atoms with Crippen molar-refractivity contribution >= 4 is 23.4 Å². The number of ketones is 2. The van der Waals surface area contributed by atoms with Crippen LogP contribution >= 0.6 is 0 Å². The summed E-state index contributed by atoms with van der Waals surface area (Å²) >= 11 is 0. The largest absolute Gasteiger partial charge is 0.461 e. The number of cyclic esters (lactones) is 1. The fourth-order valence-corrected chi connectivity index (χ4v) is 7.36. The number of nitrogens with zero attached hydrogens (tertiary/aromatic N) is 1. The molecule has 1 unspecified atom stereocenters. The van der Waals surface area contributed by atoms with Gasteiger partial charge in [0.2, 0.25) is 5.79 Å². The second kappa shape index (κ2) is 15.8. The Labute approximate surface area is 268 Å². The van der Waals surface area contributed by atoms with Crippen LogP contribution in [0.1, 0.15) is 104 Å². The molecular weight excluding hydrogens is 574 g/mol. The van der Waals surface area contributed by atoms with E-state index < -0.39 is 65.6 Å². The van der Waals surface area contributed by atoms with E-state index in [1.54, 1.807) is 20.8 Å². The van der Waals surface area contributed by atoms with Crippen molar-refractivity contribution in [1.29, 1.82) is 0 Å². The standard InChI is InChI=1S/C36H53NO8/c1-5-27(22-26-14-8-6-9-15-26)31-18-11-7-10-17-29(38)24(3)32(39)25(4)30-20-19-23(2)36(43,45-30)33(40)34(41)37-21-13-12-16-28(37)35(42)44-31/h6,8-9,14-15,23-25,27-28,30-32,39,43H,5,7,10-13,16-22H2,1-4H3/t23-,24-,25+,27?,28+,30+,31+,32+,36-/m1/s1. The summed E-state index contributed by atoms with van der Waals surface area (Å²) in [6.45, 7) is 7.41. The zero-order valence-corrected chi connectivity index (χ0v) is 27.5. The zero-order chi connectivity index (χ0) is 32.7. The van der Waals surface area contributed by atoms with Crippen LogP contribution in [0.3, 0.4) is 0 Å². The van der Waals surface area contributed by atoms with Crippen molar-refractivity contribution in [1.82, 2.24) is 4.90 Å². The fourth-order valence-electron chi connectivity index (χ4n) is 7.36. The molecule has 0 spiro atoms. The molecule has 0 aliphatic carbocycles. The molecule has 0 radical (unpaired) electrons. The number of benzene rings is 1. The summed E-state index contributed by atoms with van der Waals surface area (Å²) in [5, 5.41) is 22.8. The van der Waals surface area contributed by atoms with Crippen LogP contribution in [0.4, 0.5) is 0 Å². The molecule has 3 saturated heterocycles. The van der Waals surface area contributed by atoms with Gasteiger partial charge >= 0.3 is 5.97 Å². The van der Waals surface area contributed by atoms with Gasteiger partial charge < -0.3 is 24.6 Å². The SMILES string of the molecule is CCC(Cc1ccccc1)[C@@H]1CCCCCC(=O)[C@@H](C)[C@H](O)[C@@H](C)[C@@H]2CC[C@@H](C)[C@@](O)(O2)C(=O)C(=O)N2CCCC[C@H]2C(=O)O1. The first-order valence-corrected chi connectivity index (χ1v) is 17.2. The molecule has 3 aliphatic rings. The molecule has 3 fully saturated rings. The summed E-state index contributed by atoms with van der Waals surface area (Å²) in [6.07, 6.45) is 5.08. The van der Waals surface area contributed by atoms with Gasteiger partial charge in [0.1, 0.15) is 17.9 Å². The first kappa shape index (κ1) is 35.2. The van der Waals surface area contributed by atoms with Gasteiger partial charge in [-0.1, -0.05) is 64.4 Å². The third kappa shape index (κ3) is 8.22. The lowest BCUT2D eigenvalue weighted by molar-refractivity contribution is -0.274. The Bertz CT molecular complexity index is 1170. The zero-order valence-electron chi connectivity index (χ0n) is 27.5. The topological polar surface area (TPSA) is 130 Å². The average Bonchev–Trinajstić information content (AvgIpc) is 3.05. The molecule has 4 rings (SSSR count). The lowest BCUT2D eigenvalue weighted by Gasteiger charge is -2.44. The highest BCUT2D eigenvalue weighted by Crippen LogP contribution is 2.38. The third-order valence-corrected chi connectivity index (χ3v) is 10.7. The van der Waals surface area contributed by atoms with E-state index in [-0.39, 0.29) is 18.2 Å². The molecule has 45 heavy (non-hydrogen) atoms. The second-order valence-electron chi connectivity index (χ2n) is 13.7. The number of carbonyl (C=O) groups is 4. The van der Waals surface area contributed by atoms with Crippen molar-refractivity contribution in [2.45, 2.75) is 135 Å². The number of carbonyl (C=O) groups excluding carboxylic acids is 4. The number of hydrogen-bond acceptors (Lipinski definition) is 8. The number of hydrogen-bond donors (Lipinski definition) is 2. The Morgan fingerprint density at radius 1 is 0.933 bits per heavy atom. The number of aliphatic hydroxyl groups excluding tert-OH is 1. The molecule has 0 aromatic heterocycles. The maximum Gasteiger partial charge on any atom is 0.329 e. The molecule has 3 heterocycles. The highest BCUT2D eigenvalue weighted by molar-refractivity contribution is 6.39. The summed E-state index contributed by atoms with van der Waals surface area (Å²) in [6, 6.07) is 9.15. The molecule has 9 heteroatoms. The Morgan fingerprint density at radius 3 is 2.36 bits per heavy atom. The van der Waals surface area contributed by atoms with E-state index in [1.807, 2.05) is 18.2 Å². The number of rotatable bonds is 4. The molecule has 2 bridgehead atoms. The number of esters is 1. The molecule has 3 aliphatic heterocycles. The lowest BCUT2D eigenvalue weighted by atomic mass is 9.79. The van der Waals surface area contributed by atoms with Gasteiger partial charge in [0, 0.05) is 30.7 Å². The first-order valence-electron chi connectivity index (χ1n) is 17.2. The Morgan fingerprint density at radius 2 is 1.64 bits per heavy atom. The normalized spacial score (nSPS) is 35.4. The second-order valence-corrected chi connectivity index (χ2v) is 13.7. The van der Waals surface area contributed by atoms with E-state index in [2.05, 4.69) is 19.1 Å². The van der Waals surface area contributed by atoms with Gasteiger partial charge in [0.25, 0.3) is 11.7 Å². The fraction of sp³-hybridized carbons (Fsp3) is 0.722. The van der Waals surface area contributed by atoms with Gasteiger partial charge in [-0.15, -0.1) is 0 Å². The Hall–Kier alpha value is -2.62. The maximum atomic E-state index is 13.8. The number of ether oxygens (including phenoxy) is 2. The van der Waals surface area contributed by atoms with E-state index in [9.17, 15) is 29.4 Å². The van der Waals surface area contributed by atoms with E-state index in [0.717, 1.165) is 31.2 Å². The number of amides is 1. The van der Waals surface area contributed by atoms with Crippen molar-refractivity contribution in [2.24, 2.45) is 23.7 Å². The summed E-state index contributed by atoms with van der Waals surface area (Å²) in [7, 11) is 0. The monoisotopic (exact) mass is 627 g/mol. The molecule has 2 N–H and O–H groups in total. The minimum atomic E-state index is -2.40. The van der Waals surface area contributed by atoms with Crippen LogP contribution in [0.15, 0.2) is 30.3 Å². The van der Waals surface area contributed by atoms with Crippen molar-refractivity contribution in [3.63, 3.8) is 0 Å². The van der Waals surface area contributed by atoms with Crippen molar-refractivity contribution in [2.75, 3.05) is 6.54 Å². The van der Waals surface area contributed by atoms with Crippen molar-refractivity contribution in [3.8, 4) is 0 Å². The quantitative estimate of drug-likeness (QED) is 0.360. The van der Waals surface area contributed by atoms with Gasteiger partial charge in [-0.25, -0.2) is 4.79 Å². The average molecular weight is 628 g/mol. The van der Waals surface area contributed by atoms with E-state index in [1.165, 1.54) is 4.90 Å². The van der Waals surface area contributed by atoms with Crippen molar-refractivity contribution < 1.29 is 38.9 Å². The van der Waals surface area contributed by atoms with Crippen LogP contribution in [0, 0.1) is 23.7 Å². The number of piperidine rings is 1. The summed E-state index contributed by atoms with van der Waals surface area (Å²) < 4.78 is 12.2. The smallest absolute Gasteiger partial charge is 0.329 e. The van der Waals surface area contributed by atoms with Gasteiger partial charge in [0.15, 0.2) is 0 Å². The van der Waals surface area contributed by atoms with Crippen LogP contribution in [0.25, 0.3) is 0 Å². The van der Waals surface area contributed by atoms with Crippen LogP contribution in [0.5, 0.6) is 0 Å². The minimum Gasteiger partial charge on any atom is -0.461 e. The number of fused-ring (bicyclic) bond motifs is 3. The number of aliphatic hydroxyl groups is 2. The highest BCUT2D eigenvalue weighted by Gasteiger charge is 2.54. The van der Waals surface area contributed by atoms with Crippen LogP contribution in [-0.4, -0.2) is 75.2 Å². The van der Waals surface area contributed by atoms with E-state index in [0.29, 0.717) is 51.4 Å². The third-order valence-electron chi connectivity index (χ3n) is 10.7. The summed E-state index contributed by atoms with van der Waals surface area (Å²) in [4.78, 5) is 55.8. The predicted molar refractivity (Wildman–Crippen MR) is 169 cm³/mol. The predicted octanol–water partition coefficient (Wildman–Crippen LogP) is 4.79. The van der Waals surface area contributed by atoms with E-state index in [4.69, 9.17) is 9.47 Å². The van der Waals surface area contributed by atoms with Gasteiger partial charge in [-0.2, -0.15) is 0 Å². The maximum absolute atomic E-state index is 13.8. The first-order chi connectivity index (χ1) is 21.5.